The molecule has 0 aromatic carbocycles. The lowest BCUT2D eigenvalue weighted by molar-refractivity contribution is -0.128. The second-order valence-corrected chi connectivity index (χ2v) is 5.08. The average molecular weight is 218 g/mol. The van der Waals surface area contributed by atoms with E-state index in [4.69, 9.17) is 11.6 Å². The maximum absolute atomic E-state index is 11.6. The highest BCUT2D eigenvalue weighted by Crippen LogP contribution is 2.25. The van der Waals surface area contributed by atoms with Crippen molar-refractivity contribution in [3.63, 3.8) is 0 Å². The summed E-state index contributed by atoms with van der Waals surface area (Å²) in [5, 5.41) is 0. The van der Waals surface area contributed by atoms with Crippen molar-refractivity contribution < 1.29 is 4.79 Å². The zero-order valence-corrected chi connectivity index (χ0v) is 10.0. The predicted octanol–water partition coefficient (Wildman–Crippen LogP) is 2.37. The molecule has 0 aliphatic carbocycles. The standard InChI is InChI=1S/C11H20ClNO/c1-8(2)10-4-11(14)13(7-10)6-9(3)5-12/h8-10H,4-7H2,1-3H3. The van der Waals surface area contributed by atoms with Gasteiger partial charge in [-0.1, -0.05) is 20.8 Å². The molecule has 3 heteroatoms. The number of halogens is 1. The number of rotatable bonds is 4. The number of hydrogen-bond donors (Lipinski definition) is 0. The normalized spacial score (nSPS) is 24.8. The zero-order valence-electron chi connectivity index (χ0n) is 9.29. The van der Waals surface area contributed by atoms with Gasteiger partial charge < -0.3 is 4.90 Å². The van der Waals surface area contributed by atoms with Gasteiger partial charge in [-0.05, 0) is 17.8 Å². The lowest BCUT2D eigenvalue weighted by Gasteiger charge is -2.20. The maximum atomic E-state index is 11.6. The average Bonchev–Trinajstić information content (AvgIpc) is 2.48. The van der Waals surface area contributed by atoms with Crippen LogP contribution in [0.1, 0.15) is 27.2 Å². The van der Waals surface area contributed by atoms with Crippen molar-refractivity contribution >= 4 is 17.5 Å². The maximum Gasteiger partial charge on any atom is 0.222 e. The second kappa shape index (κ2) is 5.01. The first kappa shape index (κ1) is 11.8. The Balaban J connectivity index is 2.44. The van der Waals surface area contributed by atoms with Crippen molar-refractivity contribution in [2.45, 2.75) is 27.2 Å². The van der Waals surface area contributed by atoms with Gasteiger partial charge in [0.15, 0.2) is 0 Å². The Morgan fingerprint density at radius 3 is 2.57 bits per heavy atom. The van der Waals surface area contributed by atoms with Crippen LogP contribution in [-0.4, -0.2) is 29.8 Å². The van der Waals surface area contributed by atoms with Gasteiger partial charge in [-0.3, -0.25) is 4.79 Å². The summed E-state index contributed by atoms with van der Waals surface area (Å²) in [6.07, 6.45) is 0.729. The molecule has 0 aromatic heterocycles. The van der Waals surface area contributed by atoms with Gasteiger partial charge in [0.05, 0.1) is 0 Å². The van der Waals surface area contributed by atoms with Gasteiger partial charge >= 0.3 is 0 Å². The first-order valence-corrected chi connectivity index (χ1v) is 5.91. The number of amides is 1. The molecule has 2 atom stereocenters. The van der Waals surface area contributed by atoms with Crippen molar-refractivity contribution in [3.05, 3.63) is 0 Å². The highest BCUT2D eigenvalue weighted by molar-refractivity contribution is 6.18. The third-order valence-electron chi connectivity index (χ3n) is 2.98. The fourth-order valence-corrected chi connectivity index (χ4v) is 1.95. The van der Waals surface area contributed by atoms with Crippen molar-refractivity contribution in [1.29, 1.82) is 0 Å². The van der Waals surface area contributed by atoms with Crippen LogP contribution in [0.15, 0.2) is 0 Å². The number of nitrogens with zero attached hydrogens (tertiary/aromatic N) is 1. The van der Waals surface area contributed by atoms with Crippen LogP contribution >= 0.6 is 11.6 Å². The molecule has 1 fully saturated rings. The van der Waals surface area contributed by atoms with Gasteiger partial charge in [-0.15, -0.1) is 11.6 Å². The smallest absolute Gasteiger partial charge is 0.222 e. The Hall–Kier alpha value is -0.240. The number of carbonyl (C=O) groups is 1. The lowest BCUT2D eigenvalue weighted by Crippen LogP contribution is -2.31. The van der Waals surface area contributed by atoms with Gasteiger partial charge in [-0.25, -0.2) is 0 Å². The van der Waals surface area contributed by atoms with Crippen LogP contribution in [0.3, 0.4) is 0 Å². The summed E-state index contributed by atoms with van der Waals surface area (Å²) in [4.78, 5) is 13.6. The quantitative estimate of drug-likeness (QED) is 0.663. The van der Waals surface area contributed by atoms with Crippen molar-refractivity contribution in [2.75, 3.05) is 19.0 Å². The molecule has 1 aliphatic rings. The summed E-state index contributed by atoms with van der Waals surface area (Å²) in [5.74, 6) is 2.50. The van der Waals surface area contributed by atoms with Gasteiger partial charge in [0.1, 0.15) is 0 Å². The largest absolute Gasteiger partial charge is 0.342 e. The fourth-order valence-electron chi connectivity index (χ4n) is 1.85. The minimum absolute atomic E-state index is 0.306. The number of likely N-dealkylation sites (tertiary alicyclic amines) is 1. The third kappa shape index (κ3) is 2.88. The van der Waals surface area contributed by atoms with Crippen molar-refractivity contribution in [3.8, 4) is 0 Å². The fraction of sp³-hybridized carbons (Fsp3) is 0.909. The Morgan fingerprint density at radius 1 is 1.50 bits per heavy atom. The van der Waals surface area contributed by atoms with Crippen LogP contribution in [0.5, 0.6) is 0 Å². The molecule has 2 unspecified atom stereocenters. The Morgan fingerprint density at radius 2 is 2.14 bits per heavy atom. The van der Waals surface area contributed by atoms with E-state index in [9.17, 15) is 4.79 Å². The van der Waals surface area contributed by atoms with E-state index in [1.54, 1.807) is 0 Å². The third-order valence-corrected chi connectivity index (χ3v) is 3.51. The van der Waals surface area contributed by atoms with E-state index in [0.29, 0.717) is 29.5 Å². The van der Waals surface area contributed by atoms with Crippen LogP contribution in [0.4, 0.5) is 0 Å². The Labute approximate surface area is 91.6 Å². The molecule has 1 heterocycles. The molecule has 0 radical (unpaired) electrons. The minimum atomic E-state index is 0.306. The van der Waals surface area contributed by atoms with Gasteiger partial charge in [-0.2, -0.15) is 0 Å². The molecule has 0 saturated carbocycles. The lowest BCUT2D eigenvalue weighted by atomic mass is 9.95. The van der Waals surface area contributed by atoms with Gasteiger partial charge in [0.2, 0.25) is 5.91 Å². The molecule has 0 bridgehead atoms. The zero-order chi connectivity index (χ0) is 10.7. The molecule has 82 valence electrons. The molecule has 0 aromatic rings. The number of hydrogen-bond acceptors (Lipinski definition) is 1. The first-order chi connectivity index (χ1) is 6.54. The van der Waals surface area contributed by atoms with E-state index < -0.39 is 0 Å². The van der Waals surface area contributed by atoms with Gasteiger partial charge in [0, 0.05) is 25.4 Å². The molecule has 14 heavy (non-hydrogen) atoms. The molecular weight excluding hydrogens is 198 g/mol. The van der Waals surface area contributed by atoms with Gasteiger partial charge in [0.25, 0.3) is 0 Å². The van der Waals surface area contributed by atoms with Crippen LogP contribution in [0.25, 0.3) is 0 Å². The van der Waals surface area contributed by atoms with E-state index >= 15 is 0 Å². The van der Waals surface area contributed by atoms with Crippen molar-refractivity contribution in [2.24, 2.45) is 17.8 Å². The van der Waals surface area contributed by atoms with Crippen LogP contribution in [0.2, 0.25) is 0 Å². The van der Waals surface area contributed by atoms with Crippen molar-refractivity contribution in [1.82, 2.24) is 4.90 Å². The number of carbonyl (C=O) groups excluding carboxylic acids is 1. The highest BCUT2D eigenvalue weighted by Gasteiger charge is 2.31. The molecular formula is C11H20ClNO. The molecule has 1 rings (SSSR count). The van der Waals surface area contributed by atoms with Crippen LogP contribution in [-0.2, 0) is 4.79 Å². The number of alkyl halides is 1. The van der Waals surface area contributed by atoms with E-state index in [0.717, 1.165) is 19.5 Å². The van der Waals surface area contributed by atoms with Crippen LogP contribution in [0, 0.1) is 17.8 Å². The SMILES string of the molecule is CC(CCl)CN1CC(C(C)C)CC1=O. The topological polar surface area (TPSA) is 20.3 Å². The predicted molar refractivity (Wildman–Crippen MR) is 59.4 cm³/mol. The summed E-state index contributed by atoms with van der Waals surface area (Å²) in [6, 6.07) is 0. The molecule has 1 aliphatic heterocycles. The Kier molecular flexibility index (Phi) is 4.24. The summed E-state index contributed by atoms with van der Waals surface area (Å²) in [7, 11) is 0. The first-order valence-electron chi connectivity index (χ1n) is 5.38. The highest BCUT2D eigenvalue weighted by atomic mass is 35.5. The molecule has 2 nitrogen and oxygen atoms in total. The minimum Gasteiger partial charge on any atom is -0.342 e. The summed E-state index contributed by atoms with van der Waals surface area (Å²) >= 11 is 5.74. The van der Waals surface area contributed by atoms with E-state index in [1.165, 1.54) is 0 Å². The van der Waals surface area contributed by atoms with Crippen LogP contribution < -0.4 is 0 Å². The summed E-state index contributed by atoms with van der Waals surface area (Å²) in [5.41, 5.74) is 0. The molecule has 1 saturated heterocycles. The summed E-state index contributed by atoms with van der Waals surface area (Å²) in [6.45, 7) is 8.21. The van der Waals surface area contributed by atoms with E-state index in [-0.39, 0.29) is 0 Å². The van der Waals surface area contributed by atoms with E-state index in [1.807, 2.05) is 4.90 Å². The summed E-state index contributed by atoms with van der Waals surface area (Å²) < 4.78 is 0. The molecule has 0 spiro atoms. The molecule has 1 amide bonds. The monoisotopic (exact) mass is 217 g/mol. The Bertz CT molecular complexity index is 205. The second-order valence-electron chi connectivity index (χ2n) is 4.77. The van der Waals surface area contributed by atoms with E-state index in [2.05, 4.69) is 20.8 Å². The molecule has 0 N–H and O–H groups in total.